The number of H-pyrrole nitrogens is 1. The molecule has 25 heavy (non-hydrogen) atoms. The van der Waals surface area contributed by atoms with Crippen LogP contribution in [-0.2, 0) is 0 Å². The number of carbonyl (C=O) groups excluding carboxylic acids is 1. The third kappa shape index (κ3) is 3.51. The van der Waals surface area contributed by atoms with Crippen LogP contribution in [0.5, 0.6) is 5.75 Å². The Hall–Kier alpha value is -3.58. The first-order valence-corrected chi connectivity index (χ1v) is 7.79. The van der Waals surface area contributed by atoms with Crippen molar-refractivity contribution in [2.24, 2.45) is 0 Å². The van der Waals surface area contributed by atoms with Crippen molar-refractivity contribution in [2.45, 2.75) is 0 Å². The summed E-state index contributed by atoms with van der Waals surface area (Å²) in [6.45, 7) is 4.03. The van der Waals surface area contributed by atoms with E-state index in [2.05, 4.69) is 11.6 Å². The molecule has 1 heterocycles. The van der Waals surface area contributed by atoms with Gasteiger partial charge >= 0.3 is 0 Å². The lowest BCUT2D eigenvalue weighted by Gasteiger charge is -2.03. The number of fused-ring (bicyclic) bond motifs is 1. The van der Waals surface area contributed by atoms with Gasteiger partial charge in [-0.2, -0.15) is 5.26 Å². The summed E-state index contributed by atoms with van der Waals surface area (Å²) in [5.74, 6) is 0.408. The largest absolute Gasteiger partial charge is 0.490 e. The average molecular weight is 328 g/mol. The SMILES string of the molecule is C=CCOc1ccc(/C=C(\C#N)C(=O)c2c[nH]c3ccccc23)cc1. The number of aromatic nitrogens is 1. The molecular formula is C21H16N2O2. The van der Waals surface area contributed by atoms with Gasteiger partial charge in [0.15, 0.2) is 0 Å². The van der Waals surface area contributed by atoms with Gasteiger partial charge in [-0.05, 0) is 29.8 Å². The number of para-hydroxylation sites is 1. The molecule has 1 aromatic heterocycles. The predicted octanol–water partition coefficient (Wildman–Crippen LogP) is 4.52. The van der Waals surface area contributed by atoms with Crippen LogP contribution in [0.15, 0.2) is 73.0 Å². The van der Waals surface area contributed by atoms with E-state index in [1.54, 1.807) is 42.6 Å². The van der Waals surface area contributed by atoms with Gasteiger partial charge in [0, 0.05) is 22.7 Å². The molecule has 0 aliphatic carbocycles. The van der Waals surface area contributed by atoms with Crippen molar-refractivity contribution < 1.29 is 9.53 Å². The van der Waals surface area contributed by atoms with Crippen molar-refractivity contribution in [3.05, 3.63) is 84.1 Å². The lowest BCUT2D eigenvalue weighted by atomic mass is 10.0. The summed E-state index contributed by atoms with van der Waals surface area (Å²) in [6.07, 6.45) is 4.90. The van der Waals surface area contributed by atoms with Crippen molar-refractivity contribution >= 4 is 22.8 Å². The number of ketones is 1. The van der Waals surface area contributed by atoms with E-state index in [1.807, 2.05) is 30.3 Å². The highest BCUT2D eigenvalue weighted by Gasteiger charge is 2.16. The first kappa shape index (κ1) is 16.3. The van der Waals surface area contributed by atoms with Crippen LogP contribution in [0.4, 0.5) is 0 Å². The second-order valence-electron chi connectivity index (χ2n) is 5.42. The molecule has 0 spiro atoms. The molecule has 1 N–H and O–H groups in total. The van der Waals surface area contributed by atoms with Crippen LogP contribution in [0.1, 0.15) is 15.9 Å². The van der Waals surface area contributed by atoms with Crippen LogP contribution < -0.4 is 4.74 Å². The summed E-state index contributed by atoms with van der Waals surface area (Å²) in [7, 11) is 0. The smallest absolute Gasteiger partial charge is 0.205 e. The minimum atomic E-state index is -0.299. The molecule has 0 fully saturated rings. The van der Waals surface area contributed by atoms with E-state index < -0.39 is 0 Å². The molecule has 3 aromatic rings. The van der Waals surface area contributed by atoms with Crippen LogP contribution in [0.2, 0.25) is 0 Å². The maximum absolute atomic E-state index is 12.7. The fourth-order valence-corrected chi connectivity index (χ4v) is 2.54. The zero-order chi connectivity index (χ0) is 17.6. The summed E-state index contributed by atoms with van der Waals surface area (Å²) < 4.78 is 5.42. The van der Waals surface area contributed by atoms with E-state index in [1.165, 1.54) is 0 Å². The number of rotatable bonds is 6. The fraction of sp³-hybridized carbons (Fsp3) is 0.0476. The lowest BCUT2D eigenvalue weighted by molar-refractivity contribution is 0.104. The van der Waals surface area contributed by atoms with E-state index in [9.17, 15) is 10.1 Å². The van der Waals surface area contributed by atoms with Crippen LogP contribution in [0, 0.1) is 11.3 Å². The second-order valence-corrected chi connectivity index (χ2v) is 5.42. The van der Waals surface area contributed by atoms with Crippen LogP contribution in [-0.4, -0.2) is 17.4 Å². The van der Waals surface area contributed by atoms with Gasteiger partial charge < -0.3 is 9.72 Å². The topological polar surface area (TPSA) is 65.9 Å². The minimum Gasteiger partial charge on any atom is -0.490 e. The van der Waals surface area contributed by atoms with Gasteiger partial charge in [-0.15, -0.1) is 0 Å². The van der Waals surface area contributed by atoms with Crippen molar-refractivity contribution in [3.63, 3.8) is 0 Å². The normalized spacial score (nSPS) is 11.1. The molecule has 0 saturated heterocycles. The second kappa shape index (κ2) is 7.33. The van der Waals surface area contributed by atoms with Crippen molar-refractivity contribution in [2.75, 3.05) is 6.61 Å². The number of allylic oxidation sites excluding steroid dienone is 1. The van der Waals surface area contributed by atoms with Crippen LogP contribution in [0.3, 0.4) is 0 Å². The highest BCUT2D eigenvalue weighted by molar-refractivity contribution is 6.19. The molecule has 0 atom stereocenters. The molecule has 0 bridgehead atoms. The summed E-state index contributed by atoms with van der Waals surface area (Å²) in [5.41, 5.74) is 2.21. The Bertz CT molecular complexity index is 989. The van der Waals surface area contributed by atoms with E-state index in [0.717, 1.165) is 16.5 Å². The molecular weight excluding hydrogens is 312 g/mol. The number of hydrogen-bond acceptors (Lipinski definition) is 3. The van der Waals surface area contributed by atoms with Gasteiger partial charge in [-0.25, -0.2) is 0 Å². The average Bonchev–Trinajstić information content (AvgIpc) is 3.09. The zero-order valence-electron chi connectivity index (χ0n) is 13.5. The number of benzene rings is 2. The van der Waals surface area contributed by atoms with Crippen LogP contribution in [0.25, 0.3) is 17.0 Å². The molecule has 3 rings (SSSR count). The van der Waals surface area contributed by atoms with Crippen LogP contribution >= 0.6 is 0 Å². The van der Waals surface area contributed by atoms with Gasteiger partial charge in [-0.3, -0.25) is 4.79 Å². The number of nitrogens with one attached hydrogen (secondary N) is 1. The number of nitrogens with zero attached hydrogens (tertiary/aromatic N) is 1. The van der Waals surface area contributed by atoms with E-state index >= 15 is 0 Å². The summed E-state index contributed by atoms with van der Waals surface area (Å²) in [6, 6.07) is 16.7. The Kier molecular flexibility index (Phi) is 4.77. The minimum absolute atomic E-state index is 0.0875. The van der Waals surface area contributed by atoms with Crippen molar-refractivity contribution in [1.82, 2.24) is 4.98 Å². The van der Waals surface area contributed by atoms with E-state index in [-0.39, 0.29) is 11.4 Å². The van der Waals surface area contributed by atoms with Gasteiger partial charge in [0.2, 0.25) is 5.78 Å². The van der Waals surface area contributed by atoms with E-state index in [4.69, 9.17) is 4.74 Å². The molecule has 4 heteroatoms. The van der Waals surface area contributed by atoms with Gasteiger partial charge in [-0.1, -0.05) is 43.0 Å². The molecule has 0 radical (unpaired) electrons. The zero-order valence-corrected chi connectivity index (χ0v) is 13.5. The number of Topliss-reactive ketones (excluding diaryl/α,β-unsaturated/α-hetero) is 1. The number of nitriles is 1. The molecule has 2 aromatic carbocycles. The Labute approximate surface area is 145 Å². The molecule has 122 valence electrons. The number of ether oxygens (including phenoxy) is 1. The van der Waals surface area contributed by atoms with Crippen molar-refractivity contribution in [3.8, 4) is 11.8 Å². The fourth-order valence-electron chi connectivity index (χ4n) is 2.54. The summed E-state index contributed by atoms with van der Waals surface area (Å²) in [4.78, 5) is 15.8. The molecule has 0 unspecified atom stereocenters. The highest BCUT2D eigenvalue weighted by atomic mass is 16.5. The Morgan fingerprint density at radius 2 is 1.96 bits per heavy atom. The maximum atomic E-state index is 12.7. The Morgan fingerprint density at radius 1 is 1.20 bits per heavy atom. The number of aromatic amines is 1. The monoisotopic (exact) mass is 328 g/mol. The van der Waals surface area contributed by atoms with Gasteiger partial charge in [0.05, 0.1) is 0 Å². The molecule has 0 aliphatic rings. The Morgan fingerprint density at radius 3 is 2.68 bits per heavy atom. The predicted molar refractivity (Wildman–Crippen MR) is 98.4 cm³/mol. The molecule has 4 nitrogen and oxygen atoms in total. The van der Waals surface area contributed by atoms with Crippen molar-refractivity contribution in [1.29, 1.82) is 5.26 Å². The standard InChI is InChI=1S/C21H16N2O2/c1-2-11-25-17-9-7-15(8-10-17)12-16(13-22)21(24)19-14-23-20-6-4-3-5-18(19)20/h2-10,12,14,23H,1,11H2/b16-12+. The molecule has 0 amide bonds. The summed E-state index contributed by atoms with van der Waals surface area (Å²) in [5, 5.41) is 10.2. The number of carbonyl (C=O) groups is 1. The van der Waals surface area contributed by atoms with Gasteiger partial charge in [0.1, 0.15) is 24.0 Å². The third-order valence-electron chi connectivity index (χ3n) is 3.76. The first-order valence-electron chi connectivity index (χ1n) is 7.79. The summed E-state index contributed by atoms with van der Waals surface area (Å²) >= 11 is 0. The van der Waals surface area contributed by atoms with E-state index in [0.29, 0.717) is 17.9 Å². The number of hydrogen-bond donors (Lipinski definition) is 1. The molecule has 0 aliphatic heterocycles. The Balaban J connectivity index is 1.88. The quantitative estimate of drug-likeness (QED) is 0.313. The maximum Gasteiger partial charge on any atom is 0.205 e. The van der Waals surface area contributed by atoms with Gasteiger partial charge in [0.25, 0.3) is 0 Å². The highest BCUT2D eigenvalue weighted by Crippen LogP contribution is 2.22. The molecule has 0 saturated carbocycles. The lowest BCUT2D eigenvalue weighted by Crippen LogP contribution is -2.01. The first-order chi connectivity index (χ1) is 12.2. The third-order valence-corrected chi connectivity index (χ3v) is 3.76.